The molecule has 7 heteroatoms. The van der Waals surface area contributed by atoms with Crippen molar-refractivity contribution in [1.29, 1.82) is 0 Å². The Labute approximate surface area is 199 Å². The Kier molecular flexibility index (Phi) is 6.69. The summed E-state index contributed by atoms with van der Waals surface area (Å²) < 4.78 is 7.32. The summed E-state index contributed by atoms with van der Waals surface area (Å²) in [5.74, 6) is 1.48. The normalized spacial score (nSPS) is 16.6. The Morgan fingerprint density at radius 2 is 2.00 bits per heavy atom. The Morgan fingerprint density at radius 1 is 1.18 bits per heavy atom. The molecule has 2 aliphatic heterocycles. The van der Waals surface area contributed by atoms with Gasteiger partial charge in [-0.1, -0.05) is 30.0 Å². The van der Waals surface area contributed by atoms with Crippen molar-refractivity contribution in [2.75, 3.05) is 33.3 Å². The van der Waals surface area contributed by atoms with Crippen LogP contribution in [0.2, 0.25) is 0 Å². The summed E-state index contributed by atoms with van der Waals surface area (Å²) in [6, 6.07) is 14.4. The van der Waals surface area contributed by atoms with E-state index < -0.39 is 0 Å². The second-order valence-electron chi connectivity index (χ2n) is 8.80. The van der Waals surface area contributed by atoms with E-state index in [9.17, 15) is 4.79 Å². The molecular formula is C26H30N4O2S. The van der Waals surface area contributed by atoms with Crippen molar-refractivity contribution < 1.29 is 9.53 Å². The monoisotopic (exact) mass is 462 g/mol. The predicted octanol–water partition coefficient (Wildman–Crippen LogP) is 4.25. The lowest BCUT2D eigenvalue weighted by Crippen LogP contribution is -2.39. The number of carbonyl (C=O) groups is 1. The standard InChI is InChI=1S/C26H30N4O2S/c1-32-22-9-7-19(8-10-22)4-3-13-29-14-11-20(12-15-29)17-28-26(31)23-16-21-18-27-24-5-2-6-25(33-23)30(21)24/h2,5-10,16,18,20H,3-4,11-15,17H2,1H3,(H,28,31). The van der Waals surface area contributed by atoms with Gasteiger partial charge in [0, 0.05) is 6.54 Å². The molecule has 0 aliphatic carbocycles. The van der Waals surface area contributed by atoms with Gasteiger partial charge in [0.25, 0.3) is 5.91 Å². The Balaban J connectivity index is 1.04. The van der Waals surface area contributed by atoms with E-state index in [1.165, 1.54) is 23.7 Å². The zero-order valence-corrected chi connectivity index (χ0v) is 19.8. The second kappa shape index (κ2) is 10.0. The fourth-order valence-electron chi connectivity index (χ4n) is 4.64. The SMILES string of the molecule is COc1ccc(CCCN2CCC(CNC(=O)C3=Cc4cnc5cccc(n45)S3)CC2)cc1. The van der Waals surface area contributed by atoms with Gasteiger partial charge in [-0.05, 0) is 87.1 Å². The largest absolute Gasteiger partial charge is 0.497 e. The first kappa shape index (κ1) is 22.0. The smallest absolute Gasteiger partial charge is 0.258 e. The van der Waals surface area contributed by atoms with Crippen LogP contribution < -0.4 is 10.1 Å². The number of rotatable bonds is 8. The average Bonchev–Trinajstić information content (AvgIpc) is 3.28. The molecule has 0 spiro atoms. The fraction of sp³-hybridized carbons (Fsp3) is 0.385. The van der Waals surface area contributed by atoms with E-state index in [1.54, 1.807) is 7.11 Å². The van der Waals surface area contributed by atoms with Gasteiger partial charge in [-0.25, -0.2) is 4.98 Å². The highest BCUT2D eigenvalue weighted by molar-refractivity contribution is 8.04. The maximum atomic E-state index is 12.8. The number of thioether (sulfide) groups is 1. The van der Waals surface area contributed by atoms with E-state index in [4.69, 9.17) is 4.74 Å². The average molecular weight is 463 g/mol. The first-order chi connectivity index (χ1) is 16.2. The van der Waals surface area contributed by atoms with E-state index in [1.807, 2.05) is 42.6 Å². The van der Waals surface area contributed by atoms with Crippen LogP contribution in [0.25, 0.3) is 11.7 Å². The number of nitrogens with one attached hydrogen (secondary N) is 1. The molecule has 6 nitrogen and oxygen atoms in total. The number of ether oxygens (including phenoxy) is 1. The molecule has 0 bridgehead atoms. The van der Waals surface area contributed by atoms with Gasteiger partial charge < -0.3 is 15.0 Å². The number of hydrogen-bond donors (Lipinski definition) is 1. The molecule has 2 aliphatic rings. The molecule has 1 fully saturated rings. The van der Waals surface area contributed by atoms with E-state index in [0.29, 0.717) is 5.92 Å². The first-order valence-corrected chi connectivity index (χ1v) is 12.5. The van der Waals surface area contributed by atoms with Crippen LogP contribution >= 0.6 is 11.8 Å². The van der Waals surface area contributed by atoms with Crippen LogP contribution in [-0.4, -0.2) is 53.5 Å². The van der Waals surface area contributed by atoms with Crippen molar-refractivity contribution >= 4 is 29.4 Å². The van der Waals surface area contributed by atoms with Crippen molar-refractivity contribution in [3.8, 4) is 5.75 Å². The quantitative estimate of drug-likeness (QED) is 0.542. The molecule has 0 radical (unpaired) electrons. The highest BCUT2D eigenvalue weighted by Gasteiger charge is 2.23. The van der Waals surface area contributed by atoms with Crippen LogP contribution in [0.3, 0.4) is 0 Å². The lowest BCUT2D eigenvalue weighted by molar-refractivity contribution is -0.117. The van der Waals surface area contributed by atoms with Crippen molar-refractivity contribution in [3.05, 3.63) is 64.8 Å². The van der Waals surface area contributed by atoms with E-state index in [2.05, 4.69) is 31.7 Å². The number of amides is 1. The third-order valence-electron chi connectivity index (χ3n) is 6.60. The van der Waals surface area contributed by atoms with Gasteiger partial charge in [0.1, 0.15) is 11.4 Å². The number of benzene rings is 1. The minimum absolute atomic E-state index is 0.0198. The maximum absolute atomic E-state index is 12.8. The van der Waals surface area contributed by atoms with Crippen molar-refractivity contribution in [1.82, 2.24) is 19.6 Å². The Morgan fingerprint density at radius 3 is 2.79 bits per heavy atom. The van der Waals surface area contributed by atoms with Gasteiger partial charge in [0.05, 0.1) is 28.9 Å². The number of aromatic nitrogens is 2. The first-order valence-electron chi connectivity index (χ1n) is 11.7. The molecule has 4 heterocycles. The minimum Gasteiger partial charge on any atom is -0.497 e. The molecule has 0 saturated carbocycles. The fourth-order valence-corrected chi connectivity index (χ4v) is 5.64. The van der Waals surface area contributed by atoms with Crippen molar-refractivity contribution in [2.45, 2.75) is 30.7 Å². The van der Waals surface area contributed by atoms with E-state index in [0.717, 1.165) is 72.5 Å². The third-order valence-corrected chi connectivity index (χ3v) is 7.65. The highest BCUT2D eigenvalue weighted by Crippen LogP contribution is 2.34. The lowest BCUT2D eigenvalue weighted by atomic mass is 9.96. The van der Waals surface area contributed by atoms with E-state index >= 15 is 0 Å². The molecule has 172 valence electrons. The molecule has 1 N–H and O–H groups in total. The van der Waals surface area contributed by atoms with Gasteiger partial charge in [-0.15, -0.1) is 0 Å². The van der Waals surface area contributed by atoms with Crippen LogP contribution in [0.4, 0.5) is 0 Å². The molecule has 0 unspecified atom stereocenters. The number of carbonyl (C=O) groups excluding carboxylic acids is 1. The Bertz CT molecular complexity index is 1150. The van der Waals surface area contributed by atoms with Crippen LogP contribution in [0, 0.1) is 5.92 Å². The number of hydrogen-bond acceptors (Lipinski definition) is 5. The van der Waals surface area contributed by atoms with Crippen molar-refractivity contribution in [2.24, 2.45) is 5.92 Å². The second-order valence-corrected chi connectivity index (χ2v) is 9.86. The lowest BCUT2D eigenvalue weighted by Gasteiger charge is -2.32. The Hall–Kier alpha value is -2.77. The molecule has 2 aromatic heterocycles. The summed E-state index contributed by atoms with van der Waals surface area (Å²) in [4.78, 5) is 20.5. The predicted molar refractivity (Wildman–Crippen MR) is 133 cm³/mol. The molecule has 1 saturated heterocycles. The van der Waals surface area contributed by atoms with Crippen LogP contribution in [-0.2, 0) is 11.2 Å². The summed E-state index contributed by atoms with van der Waals surface area (Å²) in [7, 11) is 1.70. The van der Waals surface area contributed by atoms with Gasteiger partial charge in [-0.3, -0.25) is 9.20 Å². The summed E-state index contributed by atoms with van der Waals surface area (Å²) in [6.45, 7) is 4.11. The molecule has 1 amide bonds. The molecule has 33 heavy (non-hydrogen) atoms. The topological polar surface area (TPSA) is 58.9 Å². The van der Waals surface area contributed by atoms with Crippen molar-refractivity contribution in [3.63, 3.8) is 0 Å². The van der Waals surface area contributed by atoms with Gasteiger partial charge >= 0.3 is 0 Å². The number of likely N-dealkylation sites (tertiary alicyclic amines) is 1. The number of piperidine rings is 1. The number of imidazole rings is 1. The molecule has 1 aromatic carbocycles. The van der Waals surface area contributed by atoms with Gasteiger partial charge in [0.2, 0.25) is 0 Å². The summed E-state index contributed by atoms with van der Waals surface area (Å²) >= 11 is 1.52. The number of aryl methyl sites for hydroxylation is 1. The zero-order chi connectivity index (χ0) is 22.6. The van der Waals surface area contributed by atoms with Crippen LogP contribution in [0.5, 0.6) is 5.75 Å². The third kappa shape index (κ3) is 5.09. The van der Waals surface area contributed by atoms with E-state index in [-0.39, 0.29) is 5.91 Å². The minimum atomic E-state index is 0.0198. The summed E-state index contributed by atoms with van der Waals surface area (Å²) in [5, 5.41) is 4.22. The molecule has 5 rings (SSSR count). The van der Waals surface area contributed by atoms with Crippen LogP contribution in [0.1, 0.15) is 30.5 Å². The molecular weight excluding hydrogens is 432 g/mol. The molecule has 0 atom stereocenters. The molecule has 3 aromatic rings. The number of pyridine rings is 1. The highest BCUT2D eigenvalue weighted by atomic mass is 32.2. The van der Waals surface area contributed by atoms with Crippen LogP contribution in [0.15, 0.2) is 58.6 Å². The maximum Gasteiger partial charge on any atom is 0.258 e. The summed E-state index contributed by atoms with van der Waals surface area (Å²) in [6.07, 6.45) is 8.32. The summed E-state index contributed by atoms with van der Waals surface area (Å²) in [5.41, 5.74) is 3.25. The van der Waals surface area contributed by atoms with Gasteiger partial charge in [0.15, 0.2) is 0 Å². The number of methoxy groups -OCH3 is 1. The number of nitrogens with zero attached hydrogens (tertiary/aromatic N) is 3. The van der Waals surface area contributed by atoms with Gasteiger partial charge in [-0.2, -0.15) is 0 Å². The zero-order valence-electron chi connectivity index (χ0n) is 19.0.